The zero-order valence-electron chi connectivity index (χ0n) is 14.4. The molecular weight excluding hydrogens is 433 g/mol. The number of rotatable bonds is 7. The molecule has 0 fully saturated rings. The monoisotopic (exact) mass is 459 g/mol. The Bertz CT molecular complexity index is 590. The Kier molecular flexibility index (Phi) is 9.78. The predicted octanol–water partition coefficient (Wildman–Crippen LogP) is 4.10. The summed E-state index contributed by atoms with van der Waals surface area (Å²) in [7, 11) is 1.79. The van der Waals surface area contributed by atoms with Crippen molar-refractivity contribution in [2.75, 3.05) is 20.1 Å². The van der Waals surface area contributed by atoms with Crippen molar-refractivity contribution in [3.8, 4) is 5.75 Å². The van der Waals surface area contributed by atoms with Crippen LogP contribution in [-0.2, 0) is 0 Å². The maximum absolute atomic E-state index is 5.85. The Labute approximate surface area is 165 Å². The van der Waals surface area contributed by atoms with Crippen molar-refractivity contribution in [3.63, 3.8) is 0 Å². The van der Waals surface area contributed by atoms with Gasteiger partial charge in [0.25, 0.3) is 0 Å². The molecule has 4 nitrogen and oxygen atoms in total. The van der Waals surface area contributed by atoms with Crippen LogP contribution in [0.3, 0.4) is 0 Å². The van der Waals surface area contributed by atoms with E-state index in [0.717, 1.165) is 18.3 Å². The first-order chi connectivity index (χ1) is 11.2. The van der Waals surface area contributed by atoms with Crippen molar-refractivity contribution < 1.29 is 4.74 Å². The molecule has 1 aromatic heterocycles. The molecule has 2 N–H and O–H groups in total. The number of ether oxygens (including phenoxy) is 1. The molecule has 0 bridgehead atoms. The second-order valence-corrected chi connectivity index (χ2v) is 6.31. The SMILES string of the molecule is CN=C(NCC(C)Oc1ccccc1)NCC(C)c1ccsc1.I. The molecule has 6 heteroatoms. The van der Waals surface area contributed by atoms with Gasteiger partial charge >= 0.3 is 0 Å². The fraction of sp³-hybridized carbons (Fsp3) is 0.389. The molecular formula is C18H26IN3OS. The van der Waals surface area contributed by atoms with Crippen LogP contribution in [0.15, 0.2) is 52.2 Å². The molecule has 2 rings (SSSR count). The fourth-order valence-corrected chi connectivity index (χ4v) is 2.94. The highest BCUT2D eigenvalue weighted by Gasteiger charge is 2.08. The number of nitrogens with one attached hydrogen (secondary N) is 2. The van der Waals surface area contributed by atoms with Crippen molar-refractivity contribution >= 4 is 41.3 Å². The minimum atomic E-state index is 0. The summed E-state index contributed by atoms with van der Waals surface area (Å²) < 4.78 is 5.85. The molecule has 2 aromatic rings. The molecule has 132 valence electrons. The molecule has 0 spiro atoms. The third-order valence-electron chi connectivity index (χ3n) is 3.55. The summed E-state index contributed by atoms with van der Waals surface area (Å²) in [5.41, 5.74) is 1.36. The van der Waals surface area contributed by atoms with Crippen molar-refractivity contribution in [1.82, 2.24) is 10.6 Å². The minimum Gasteiger partial charge on any atom is -0.489 e. The molecule has 0 aliphatic carbocycles. The fourth-order valence-electron chi connectivity index (χ4n) is 2.16. The van der Waals surface area contributed by atoms with Crippen LogP contribution in [-0.4, -0.2) is 32.2 Å². The van der Waals surface area contributed by atoms with Crippen LogP contribution in [0.5, 0.6) is 5.75 Å². The Morgan fingerprint density at radius 2 is 1.83 bits per heavy atom. The summed E-state index contributed by atoms with van der Waals surface area (Å²) in [5, 5.41) is 11.0. The zero-order chi connectivity index (χ0) is 16.5. The number of thiophene rings is 1. The normalized spacial score (nSPS) is 13.5. The van der Waals surface area contributed by atoms with E-state index in [0.29, 0.717) is 12.5 Å². The first kappa shape index (κ1) is 20.8. The van der Waals surface area contributed by atoms with Gasteiger partial charge in [0.05, 0.1) is 6.54 Å². The topological polar surface area (TPSA) is 45.7 Å². The predicted molar refractivity (Wildman–Crippen MR) is 114 cm³/mol. The number of benzene rings is 1. The van der Waals surface area contributed by atoms with E-state index in [1.807, 2.05) is 37.3 Å². The van der Waals surface area contributed by atoms with Gasteiger partial charge in [0.2, 0.25) is 0 Å². The van der Waals surface area contributed by atoms with Crippen LogP contribution in [0, 0.1) is 0 Å². The van der Waals surface area contributed by atoms with Crippen LogP contribution in [0.25, 0.3) is 0 Å². The molecule has 1 aromatic carbocycles. The van der Waals surface area contributed by atoms with Gasteiger partial charge in [0.1, 0.15) is 11.9 Å². The number of para-hydroxylation sites is 1. The quantitative estimate of drug-likeness (QED) is 0.372. The van der Waals surface area contributed by atoms with Crippen LogP contribution in [0.4, 0.5) is 0 Å². The van der Waals surface area contributed by atoms with Crippen molar-refractivity contribution in [2.45, 2.75) is 25.9 Å². The molecule has 0 saturated carbocycles. The number of aliphatic imine (C=N–C) groups is 1. The summed E-state index contributed by atoms with van der Waals surface area (Å²) in [4.78, 5) is 4.26. The van der Waals surface area contributed by atoms with Crippen LogP contribution in [0.2, 0.25) is 0 Å². The largest absolute Gasteiger partial charge is 0.489 e. The summed E-state index contributed by atoms with van der Waals surface area (Å²) in [6.45, 7) is 5.80. The maximum atomic E-state index is 5.85. The highest BCUT2D eigenvalue weighted by atomic mass is 127. The van der Waals surface area contributed by atoms with Gasteiger partial charge in [-0.3, -0.25) is 4.99 Å². The van der Waals surface area contributed by atoms with Crippen LogP contribution < -0.4 is 15.4 Å². The Morgan fingerprint density at radius 3 is 2.46 bits per heavy atom. The molecule has 2 unspecified atom stereocenters. The lowest BCUT2D eigenvalue weighted by atomic mass is 10.1. The number of guanidine groups is 1. The van der Waals surface area contributed by atoms with Crippen LogP contribution >= 0.6 is 35.3 Å². The Morgan fingerprint density at radius 1 is 1.12 bits per heavy atom. The van der Waals surface area contributed by atoms with Gasteiger partial charge in [-0.05, 0) is 47.4 Å². The first-order valence-electron chi connectivity index (χ1n) is 7.87. The van der Waals surface area contributed by atoms with Crippen molar-refractivity contribution in [2.24, 2.45) is 4.99 Å². The molecule has 24 heavy (non-hydrogen) atoms. The van der Waals surface area contributed by atoms with Gasteiger partial charge in [-0.15, -0.1) is 24.0 Å². The summed E-state index contributed by atoms with van der Waals surface area (Å²) in [6, 6.07) is 12.0. The average Bonchev–Trinajstić information content (AvgIpc) is 3.10. The lowest BCUT2D eigenvalue weighted by Crippen LogP contribution is -2.42. The molecule has 0 aliphatic heterocycles. The van der Waals surface area contributed by atoms with Crippen LogP contribution in [0.1, 0.15) is 25.3 Å². The van der Waals surface area contributed by atoms with Gasteiger partial charge in [-0.25, -0.2) is 0 Å². The Balaban J connectivity index is 0.00000288. The summed E-state index contributed by atoms with van der Waals surface area (Å²) in [5.74, 6) is 2.14. The van der Waals surface area contributed by atoms with E-state index in [1.165, 1.54) is 5.56 Å². The maximum Gasteiger partial charge on any atom is 0.191 e. The highest BCUT2D eigenvalue weighted by Crippen LogP contribution is 2.17. The van der Waals surface area contributed by atoms with E-state index in [1.54, 1.807) is 18.4 Å². The lowest BCUT2D eigenvalue weighted by Gasteiger charge is -2.19. The second kappa shape index (κ2) is 11.3. The summed E-state index contributed by atoms with van der Waals surface area (Å²) in [6.07, 6.45) is 0.0604. The highest BCUT2D eigenvalue weighted by molar-refractivity contribution is 14.0. The third kappa shape index (κ3) is 7.09. The van der Waals surface area contributed by atoms with E-state index in [2.05, 4.69) is 39.4 Å². The van der Waals surface area contributed by atoms with E-state index in [9.17, 15) is 0 Å². The van der Waals surface area contributed by atoms with Crippen molar-refractivity contribution in [1.29, 1.82) is 0 Å². The third-order valence-corrected chi connectivity index (χ3v) is 4.25. The number of hydrogen-bond donors (Lipinski definition) is 2. The molecule has 2 atom stereocenters. The second-order valence-electron chi connectivity index (χ2n) is 5.53. The average molecular weight is 459 g/mol. The number of nitrogens with zero attached hydrogens (tertiary/aromatic N) is 1. The number of halogens is 1. The molecule has 0 aliphatic rings. The lowest BCUT2D eigenvalue weighted by molar-refractivity contribution is 0.224. The van der Waals surface area contributed by atoms with Gasteiger partial charge in [-0.1, -0.05) is 25.1 Å². The smallest absolute Gasteiger partial charge is 0.191 e. The molecule has 0 amide bonds. The first-order valence-corrected chi connectivity index (χ1v) is 8.81. The minimum absolute atomic E-state index is 0. The molecule has 0 radical (unpaired) electrons. The van der Waals surface area contributed by atoms with Gasteiger partial charge < -0.3 is 15.4 Å². The summed E-state index contributed by atoms with van der Waals surface area (Å²) >= 11 is 1.73. The Hall–Kier alpha value is -1.28. The van der Waals surface area contributed by atoms with Gasteiger partial charge in [-0.2, -0.15) is 11.3 Å². The van der Waals surface area contributed by atoms with Gasteiger partial charge in [0.15, 0.2) is 5.96 Å². The molecule has 1 heterocycles. The zero-order valence-corrected chi connectivity index (χ0v) is 17.5. The molecule has 0 saturated heterocycles. The van der Waals surface area contributed by atoms with E-state index in [-0.39, 0.29) is 30.1 Å². The van der Waals surface area contributed by atoms with E-state index < -0.39 is 0 Å². The number of hydrogen-bond acceptors (Lipinski definition) is 3. The van der Waals surface area contributed by atoms with E-state index >= 15 is 0 Å². The standard InChI is InChI=1S/C18H25N3OS.HI/c1-14(16-9-10-23-13-16)11-20-18(19-3)21-12-15(2)22-17-7-5-4-6-8-17;/h4-10,13-15H,11-12H2,1-3H3,(H2,19,20,21);1H. The van der Waals surface area contributed by atoms with Crippen molar-refractivity contribution in [3.05, 3.63) is 52.7 Å². The van der Waals surface area contributed by atoms with Gasteiger partial charge in [0, 0.05) is 13.6 Å². The van der Waals surface area contributed by atoms with E-state index in [4.69, 9.17) is 4.74 Å².